The Labute approximate surface area is 175 Å². The maximum absolute atomic E-state index is 12.9. The van der Waals surface area contributed by atoms with Crippen LogP contribution >= 0.6 is 11.3 Å². The van der Waals surface area contributed by atoms with Gasteiger partial charge in [-0.25, -0.2) is 4.98 Å². The fourth-order valence-electron chi connectivity index (χ4n) is 3.04. The quantitative estimate of drug-likeness (QED) is 0.527. The molecular weight excluding hydrogens is 384 g/mol. The van der Waals surface area contributed by atoms with E-state index < -0.39 is 6.04 Å². The Morgan fingerprint density at radius 2 is 1.90 bits per heavy atom. The van der Waals surface area contributed by atoms with Gasteiger partial charge in [0.1, 0.15) is 6.04 Å². The number of para-hydroxylation sites is 1. The Kier molecular flexibility index (Phi) is 6.69. The van der Waals surface area contributed by atoms with Crippen LogP contribution in [0, 0.1) is 5.92 Å². The number of H-pyrrole nitrogens is 1. The standard InChI is InChI=1S/C22H28N4O2S/c1-13(2)20(27)26-19(9-15-10-23-18-8-6-5-7-17(15)18)21(28)24-11-16-12-29-22(25-16)14(3)4/h5-8,10,12-14,19,23H,9,11H2,1-4H3,(H,24,28)(H,26,27). The van der Waals surface area contributed by atoms with E-state index in [-0.39, 0.29) is 17.7 Å². The number of thiazole rings is 1. The number of hydrogen-bond acceptors (Lipinski definition) is 4. The molecule has 0 saturated carbocycles. The van der Waals surface area contributed by atoms with E-state index in [1.807, 2.05) is 49.7 Å². The maximum atomic E-state index is 12.9. The summed E-state index contributed by atoms with van der Waals surface area (Å²) in [6, 6.07) is 7.30. The predicted octanol–water partition coefficient (Wildman–Crippen LogP) is 3.75. The van der Waals surface area contributed by atoms with Crippen LogP contribution in [0.2, 0.25) is 0 Å². The molecule has 1 atom stereocenters. The van der Waals surface area contributed by atoms with E-state index in [0.29, 0.717) is 18.9 Å². The van der Waals surface area contributed by atoms with Crippen molar-refractivity contribution in [2.75, 3.05) is 0 Å². The van der Waals surface area contributed by atoms with Crippen LogP contribution in [0.3, 0.4) is 0 Å². The van der Waals surface area contributed by atoms with Crippen molar-refractivity contribution in [3.05, 3.63) is 52.1 Å². The SMILES string of the molecule is CC(C)C(=O)NC(Cc1c[nH]c2ccccc12)C(=O)NCc1csc(C(C)C)n1. The second-order valence-electron chi connectivity index (χ2n) is 7.83. The third kappa shape index (κ3) is 5.23. The van der Waals surface area contributed by atoms with Crippen LogP contribution in [0.25, 0.3) is 10.9 Å². The molecule has 0 saturated heterocycles. The van der Waals surface area contributed by atoms with Gasteiger partial charge in [0.2, 0.25) is 11.8 Å². The highest BCUT2D eigenvalue weighted by Gasteiger charge is 2.23. The molecule has 3 aromatic rings. The number of carbonyl (C=O) groups excluding carboxylic acids is 2. The van der Waals surface area contributed by atoms with Crippen LogP contribution in [0.4, 0.5) is 0 Å². The molecule has 2 heterocycles. The summed E-state index contributed by atoms with van der Waals surface area (Å²) in [5.74, 6) is -0.172. The Hall–Kier alpha value is -2.67. The summed E-state index contributed by atoms with van der Waals surface area (Å²) in [5.41, 5.74) is 2.86. The number of amides is 2. The number of benzene rings is 1. The lowest BCUT2D eigenvalue weighted by Crippen LogP contribution is -2.49. The third-order valence-electron chi connectivity index (χ3n) is 4.76. The first kappa shape index (κ1) is 21.0. The molecule has 2 amide bonds. The van der Waals surface area contributed by atoms with Gasteiger partial charge >= 0.3 is 0 Å². The molecule has 0 radical (unpaired) electrons. The summed E-state index contributed by atoms with van der Waals surface area (Å²) in [5, 5.41) is 9.92. The van der Waals surface area contributed by atoms with Gasteiger partial charge < -0.3 is 15.6 Å². The lowest BCUT2D eigenvalue weighted by atomic mass is 10.0. The third-order valence-corrected chi connectivity index (χ3v) is 5.96. The highest BCUT2D eigenvalue weighted by atomic mass is 32.1. The normalized spacial score (nSPS) is 12.5. The molecule has 1 unspecified atom stereocenters. The van der Waals surface area contributed by atoms with Crippen LogP contribution in [0.1, 0.15) is 49.9 Å². The Balaban J connectivity index is 1.73. The van der Waals surface area contributed by atoms with Crippen molar-refractivity contribution < 1.29 is 9.59 Å². The molecule has 1 aromatic carbocycles. The topological polar surface area (TPSA) is 86.9 Å². The van der Waals surface area contributed by atoms with Crippen molar-refractivity contribution in [1.82, 2.24) is 20.6 Å². The van der Waals surface area contributed by atoms with Gasteiger partial charge in [-0.15, -0.1) is 11.3 Å². The second kappa shape index (κ2) is 9.22. The van der Waals surface area contributed by atoms with Gasteiger partial charge in [0.25, 0.3) is 0 Å². The lowest BCUT2D eigenvalue weighted by molar-refractivity contribution is -0.130. The van der Waals surface area contributed by atoms with Crippen LogP contribution in [0.15, 0.2) is 35.8 Å². The molecule has 0 fully saturated rings. The minimum Gasteiger partial charge on any atom is -0.361 e. The summed E-state index contributed by atoms with van der Waals surface area (Å²) in [7, 11) is 0. The van der Waals surface area contributed by atoms with Gasteiger partial charge in [-0.05, 0) is 11.6 Å². The first-order valence-electron chi connectivity index (χ1n) is 9.92. The van der Waals surface area contributed by atoms with Gasteiger partial charge in [0, 0.05) is 40.7 Å². The number of aromatic amines is 1. The fourth-order valence-corrected chi connectivity index (χ4v) is 3.87. The molecule has 0 spiro atoms. The average molecular weight is 413 g/mol. The van der Waals surface area contributed by atoms with Crippen LogP contribution in [-0.4, -0.2) is 27.8 Å². The maximum Gasteiger partial charge on any atom is 0.243 e. The van der Waals surface area contributed by atoms with E-state index in [9.17, 15) is 9.59 Å². The Morgan fingerprint density at radius 3 is 2.59 bits per heavy atom. The van der Waals surface area contributed by atoms with Crippen molar-refractivity contribution in [3.8, 4) is 0 Å². The van der Waals surface area contributed by atoms with E-state index in [1.165, 1.54) is 0 Å². The molecule has 0 aliphatic heterocycles. The zero-order valence-corrected chi connectivity index (χ0v) is 18.1. The van der Waals surface area contributed by atoms with Crippen molar-refractivity contribution in [2.24, 2.45) is 5.92 Å². The van der Waals surface area contributed by atoms with Gasteiger partial charge in [0.05, 0.1) is 17.2 Å². The summed E-state index contributed by atoms with van der Waals surface area (Å²) in [6.45, 7) is 8.18. The van der Waals surface area contributed by atoms with E-state index in [1.54, 1.807) is 11.3 Å². The van der Waals surface area contributed by atoms with Crippen molar-refractivity contribution >= 4 is 34.1 Å². The first-order chi connectivity index (χ1) is 13.8. The number of nitrogens with one attached hydrogen (secondary N) is 3. The Morgan fingerprint density at radius 1 is 1.14 bits per heavy atom. The van der Waals surface area contributed by atoms with E-state index >= 15 is 0 Å². The minimum absolute atomic E-state index is 0.138. The molecule has 154 valence electrons. The number of rotatable bonds is 8. The molecule has 7 heteroatoms. The molecule has 2 aromatic heterocycles. The van der Waals surface area contributed by atoms with Gasteiger partial charge in [-0.3, -0.25) is 9.59 Å². The van der Waals surface area contributed by atoms with Crippen LogP contribution in [-0.2, 0) is 22.6 Å². The van der Waals surface area contributed by atoms with Gasteiger partial charge in [-0.1, -0.05) is 45.9 Å². The molecular formula is C22H28N4O2S. The molecule has 29 heavy (non-hydrogen) atoms. The molecule has 6 nitrogen and oxygen atoms in total. The zero-order valence-electron chi connectivity index (χ0n) is 17.3. The number of nitrogens with zero attached hydrogens (tertiary/aromatic N) is 1. The van der Waals surface area contributed by atoms with E-state index in [4.69, 9.17) is 0 Å². The van der Waals surface area contributed by atoms with Crippen LogP contribution in [0.5, 0.6) is 0 Å². The first-order valence-corrected chi connectivity index (χ1v) is 10.8. The van der Waals surface area contributed by atoms with E-state index in [0.717, 1.165) is 27.2 Å². The number of fused-ring (bicyclic) bond motifs is 1. The largest absolute Gasteiger partial charge is 0.361 e. The van der Waals surface area contributed by atoms with Gasteiger partial charge in [-0.2, -0.15) is 0 Å². The Bertz CT molecular complexity index is 990. The van der Waals surface area contributed by atoms with Crippen molar-refractivity contribution in [3.63, 3.8) is 0 Å². The van der Waals surface area contributed by atoms with Crippen LogP contribution < -0.4 is 10.6 Å². The fraction of sp³-hybridized carbons (Fsp3) is 0.409. The lowest BCUT2D eigenvalue weighted by Gasteiger charge is -2.19. The monoisotopic (exact) mass is 412 g/mol. The summed E-state index contributed by atoms with van der Waals surface area (Å²) < 4.78 is 0. The smallest absolute Gasteiger partial charge is 0.243 e. The summed E-state index contributed by atoms with van der Waals surface area (Å²) in [4.78, 5) is 33.0. The minimum atomic E-state index is -0.646. The zero-order chi connectivity index (χ0) is 21.0. The molecule has 0 bridgehead atoms. The summed E-state index contributed by atoms with van der Waals surface area (Å²) >= 11 is 1.60. The molecule has 3 rings (SSSR count). The van der Waals surface area contributed by atoms with E-state index in [2.05, 4.69) is 34.4 Å². The van der Waals surface area contributed by atoms with Crippen molar-refractivity contribution in [1.29, 1.82) is 0 Å². The molecule has 0 aliphatic rings. The highest BCUT2D eigenvalue weighted by molar-refractivity contribution is 7.09. The number of aromatic nitrogens is 2. The van der Waals surface area contributed by atoms with Gasteiger partial charge in [0.15, 0.2) is 0 Å². The molecule has 0 aliphatic carbocycles. The second-order valence-corrected chi connectivity index (χ2v) is 8.72. The summed E-state index contributed by atoms with van der Waals surface area (Å²) in [6.07, 6.45) is 2.32. The number of hydrogen-bond donors (Lipinski definition) is 3. The van der Waals surface area contributed by atoms with Crippen molar-refractivity contribution in [2.45, 2.75) is 52.6 Å². The highest BCUT2D eigenvalue weighted by Crippen LogP contribution is 2.20. The average Bonchev–Trinajstić information content (AvgIpc) is 3.33. The predicted molar refractivity (Wildman–Crippen MR) is 117 cm³/mol. The molecule has 3 N–H and O–H groups in total. The number of carbonyl (C=O) groups is 2.